The number of benzene rings is 2. The summed E-state index contributed by atoms with van der Waals surface area (Å²) in [5, 5.41) is 2.36. The van der Waals surface area contributed by atoms with Crippen LogP contribution in [0, 0.1) is 0 Å². The molecule has 0 spiro atoms. The summed E-state index contributed by atoms with van der Waals surface area (Å²) in [7, 11) is 1.71. The zero-order valence-electron chi connectivity index (χ0n) is 16.5. The van der Waals surface area contributed by atoms with Crippen LogP contribution in [0.1, 0.15) is 45.8 Å². The molecule has 4 nitrogen and oxygen atoms in total. The van der Waals surface area contributed by atoms with Gasteiger partial charge in [0.15, 0.2) is 0 Å². The highest BCUT2D eigenvalue weighted by Gasteiger charge is 2.38. The highest BCUT2D eigenvalue weighted by atomic mass is 16.6. The minimum atomic E-state index is -0.196. The van der Waals surface area contributed by atoms with Gasteiger partial charge in [-0.2, -0.15) is 0 Å². The van der Waals surface area contributed by atoms with Gasteiger partial charge >= 0.3 is 0 Å². The monoisotopic (exact) mass is 358 g/mol. The lowest BCUT2D eigenvalue weighted by molar-refractivity contribution is -0.0988. The summed E-state index contributed by atoms with van der Waals surface area (Å²) in [5.74, 6) is 0.862. The van der Waals surface area contributed by atoms with Crippen molar-refractivity contribution in [1.82, 2.24) is 0 Å². The second-order valence-corrected chi connectivity index (χ2v) is 7.76. The largest absolute Gasteiger partial charge is 0.496 e. The average molecular weight is 358 g/mol. The Balaban J connectivity index is 1.85. The van der Waals surface area contributed by atoms with Gasteiger partial charge in [-0.15, -0.1) is 0 Å². The highest BCUT2D eigenvalue weighted by molar-refractivity contribution is 5.85. The molecule has 4 heteroatoms. The molecule has 0 saturated carbocycles. The van der Waals surface area contributed by atoms with E-state index in [-0.39, 0.29) is 23.9 Å². The number of methoxy groups -OCH3 is 1. The molecular formula is C22H30O4. The average Bonchev–Trinajstić information content (AvgIpc) is 3.01. The zero-order valence-corrected chi connectivity index (χ0v) is 16.5. The Hall–Kier alpha value is -1.62. The first kappa shape index (κ1) is 19.2. The molecule has 0 N–H and O–H groups in total. The zero-order chi connectivity index (χ0) is 18.7. The van der Waals surface area contributed by atoms with Gasteiger partial charge in [0.25, 0.3) is 0 Å². The number of rotatable bonds is 6. The SMILES string of the molecule is CCOC1C[C@H](c2cc3ccccc3cc2OC)O[C@@H]1COC(C)(C)C. The van der Waals surface area contributed by atoms with Gasteiger partial charge in [0.1, 0.15) is 11.9 Å². The van der Waals surface area contributed by atoms with Crippen LogP contribution in [0.3, 0.4) is 0 Å². The molecule has 3 atom stereocenters. The molecule has 1 aliphatic heterocycles. The summed E-state index contributed by atoms with van der Waals surface area (Å²) < 4.78 is 23.9. The number of fused-ring (bicyclic) bond motifs is 1. The predicted molar refractivity (Wildman–Crippen MR) is 104 cm³/mol. The topological polar surface area (TPSA) is 36.9 Å². The fourth-order valence-corrected chi connectivity index (χ4v) is 3.45. The van der Waals surface area contributed by atoms with Crippen LogP contribution >= 0.6 is 0 Å². The third kappa shape index (κ3) is 4.37. The highest BCUT2D eigenvalue weighted by Crippen LogP contribution is 2.41. The predicted octanol–water partition coefficient (Wildman–Crippen LogP) is 4.90. The van der Waals surface area contributed by atoms with Crippen molar-refractivity contribution in [3.05, 3.63) is 42.0 Å². The summed E-state index contributed by atoms with van der Waals surface area (Å²) in [6.45, 7) is 9.39. The van der Waals surface area contributed by atoms with Gasteiger partial charge in [0, 0.05) is 18.6 Å². The smallest absolute Gasteiger partial charge is 0.125 e. The van der Waals surface area contributed by atoms with Crippen LogP contribution in [0.25, 0.3) is 10.8 Å². The summed E-state index contributed by atoms with van der Waals surface area (Å²) in [6, 6.07) is 12.6. The van der Waals surface area contributed by atoms with Crippen LogP contribution in [-0.2, 0) is 14.2 Å². The van der Waals surface area contributed by atoms with Crippen LogP contribution in [-0.4, -0.2) is 38.1 Å². The molecule has 26 heavy (non-hydrogen) atoms. The van der Waals surface area contributed by atoms with Crippen LogP contribution in [0.4, 0.5) is 0 Å². The third-order valence-corrected chi connectivity index (χ3v) is 4.71. The minimum Gasteiger partial charge on any atom is -0.496 e. The first-order valence-electron chi connectivity index (χ1n) is 9.39. The van der Waals surface area contributed by atoms with Gasteiger partial charge in [-0.05, 0) is 50.6 Å². The molecule has 0 bridgehead atoms. The molecular weight excluding hydrogens is 328 g/mol. The lowest BCUT2D eigenvalue weighted by atomic mass is 9.99. The second-order valence-electron chi connectivity index (χ2n) is 7.76. The maximum Gasteiger partial charge on any atom is 0.125 e. The molecule has 0 aliphatic carbocycles. The lowest BCUT2D eigenvalue weighted by Crippen LogP contribution is -2.33. The molecule has 1 fully saturated rings. The normalized spacial score (nSPS) is 23.5. The lowest BCUT2D eigenvalue weighted by Gasteiger charge is -2.25. The van der Waals surface area contributed by atoms with Gasteiger partial charge in [-0.25, -0.2) is 0 Å². The van der Waals surface area contributed by atoms with Crippen molar-refractivity contribution in [2.75, 3.05) is 20.3 Å². The van der Waals surface area contributed by atoms with Gasteiger partial charge in [0.05, 0.1) is 31.5 Å². The van der Waals surface area contributed by atoms with Crippen molar-refractivity contribution in [2.45, 2.75) is 58.0 Å². The second kappa shape index (κ2) is 7.95. The van der Waals surface area contributed by atoms with Gasteiger partial charge in [-0.3, -0.25) is 0 Å². The molecule has 142 valence electrons. The Morgan fingerprint density at radius 1 is 1.12 bits per heavy atom. The number of hydrogen-bond donors (Lipinski definition) is 0. The number of hydrogen-bond acceptors (Lipinski definition) is 4. The summed E-state index contributed by atoms with van der Waals surface area (Å²) in [5.41, 5.74) is 0.882. The standard InChI is InChI=1S/C22H30O4/c1-6-24-20-13-19(26-21(20)14-25-22(2,3)4)17-11-15-9-7-8-10-16(15)12-18(17)23-5/h7-12,19-21H,6,13-14H2,1-5H3/t19-,20?,21-/m1/s1. The van der Waals surface area contributed by atoms with E-state index in [4.69, 9.17) is 18.9 Å². The molecule has 1 heterocycles. The van der Waals surface area contributed by atoms with Crippen LogP contribution in [0.2, 0.25) is 0 Å². The first-order chi connectivity index (χ1) is 12.4. The van der Waals surface area contributed by atoms with Gasteiger partial charge in [-0.1, -0.05) is 24.3 Å². The fourth-order valence-electron chi connectivity index (χ4n) is 3.45. The molecule has 2 aromatic carbocycles. The van der Waals surface area contributed by atoms with E-state index >= 15 is 0 Å². The Labute approximate surface area is 156 Å². The van der Waals surface area contributed by atoms with E-state index in [1.54, 1.807) is 7.11 Å². The van der Waals surface area contributed by atoms with Crippen molar-refractivity contribution in [3.63, 3.8) is 0 Å². The summed E-state index contributed by atoms with van der Waals surface area (Å²) in [6.07, 6.45) is 0.708. The van der Waals surface area contributed by atoms with Gasteiger partial charge < -0.3 is 18.9 Å². The summed E-state index contributed by atoms with van der Waals surface area (Å²) in [4.78, 5) is 0. The Morgan fingerprint density at radius 2 is 1.81 bits per heavy atom. The molecule has 2 aromatic rings. The van der Waals surface area contributed by atoms with E-state index in [0.29, 0.717) is 13.2 Å². The molecule has 3 rings (SSSR count). The van der Waals surface area contributed by atoms with Crippen molar-refractivity contribution in [1.29, 1.82) is 0 Å². The molecule has 1 aliphatic rings. The van der Waals surface area contributed by atoms with Crippen molar-refractivity contribution >= 4 is 10.8 Å². The first-order valence-corrected chi connectivity index (χ1v) is 9.39. The van der Waals surface area contributed by atoms with Gasteiger partial charge in [0.2, 0.25) is 0 Å². The van der Waals surface area contributed by atoms with Crippen molar-refractivity contribution < 1.29 is 18.9 Å². The van der Waals surface area contributed by atoms with E-state index in [1.807, 2.05) is 13.0 Å². The molecule has 1 saturated heterocycles. The number of ether oxygens (including phenoxy) is 4. The van der Waals surface area contributed by atoms with Crippen molar-refractivity contribution in [2.24, 2.45) is 0 Å². The minimum absolute atomic E-state index is 0.0310. The quantitative estimate of drug-likeness (QED) is 0.736. The molecule has 0 aromatic heterocycles. The summed E-state index contributed by atoms with van der Waals surface area (Å²) >= 11 is 0. The van der Waals surface area contributed by atoms with E-state index in [2.05, 4.69) is 51.1 Å². The maximum atomic E-state index is 6.37. The molecule has 0 radical (unpaired) electrons. The molecule has 1 unspecified atom stereocenters. The van der Waals surface area contributed by atoms with Crippen LogP contribution < -0.4 is 4.74 Å². The fraction of sp³-hybridized carbons (Fsp3) is 0.545. The van der Waals surface area contributed by atoms with Crippen LogP contribution in [0.5, 0.6) is 5.75 Å². The van der Waals surface area contributed by atoms with E-state index in [9.17, 15) is 0 Å². The third-order valence-electron chi connectivity index (χ3n) is 4.71. The maximum absolute atomic E-state index is 6.37. The van der Waals surface area contributed by atoms with E-state index in [0.717, 1.165) is 17.7 Å². The Morgan fingerprint density at radius 3 is 2.42 bits per heavy atom. The van der Waals surface area contributed by atoms with E-state index < -0.39 is 0 Å². The Bertz CT molecular complexity index is 734. The van der Waals surface area contributed by atoms with E-state index in [1.165, 1.54) is 10.8 Å². The van der Waals surface area contributed by atoms with Crippen molar-refractivity contribution in [3.8, 4) is 5.75 Å². The Kier molecular flexibility index (Phi) is 5.86. The molecule has 0 amide bonds. The van der Waals surface area contributed by atoms with Crippen LogP contribution in [0.15, 0.2) is 36.4 Å².